The minimum absolute atomic E-state index is 0.0629. The zero-order valence-electron chi connectivity index (χ0n) is 14.6. The van der Waals surface area contributed by atoms with Crippen LogP contribution in [0.3, 0.4) is 0 Å². The summed E-state index contributed by atoms with van der Waals surface area (Å²) in [6, 6.07) is 9.43. The van der Waals surface area contributed by atoms with E-state index in [1.54, 1.807) is 15.8 Å². The van der Waals surface area contributed by atoms with Crippen molar-refractivity contribution in [1.29, 1.82) is 0 Å². The molecule has 8 nitrogen and oxygen atoms in total. The zero-order chi connectivity index (χ0) is 18.1. The predicted molar refractivity (Wildman–Crippen MR) is 99.4 cm³/mol. The molecule has 0 spiro atoms. The summed E-state index contributed by atoms with van der Waals surface area (Å²) in [5.41, 5.74) is 3.57. The van der Waals surface area contributed by atoms with Gasteiger partial charge in [-0.15, -0.1) is 0 Å². The molecule has 2 amide bonds. The minimum atomic E-state index is -0.0629. The number of anilines is 3. The highest BCUT2D eigenvalue weighted by molar-refractivity contribution is 5.94. The lowest BCUT2D eigenvalue weighted by Gasteiger charge is -2.14. The summed E-state index contributed by atoms with van der Waals surface area (Å²) in [4.78, 5) is 22.4. The van der Waals surface area contributed by atoms with E-state index in [9.17, 15) is 4.79 Å². The van der Waals surface area contributed by atoms with E-state index in [0.717, 1.165) is 22.6 Å². The highest BCUT2D eigenvalue weighted by Crippen LogP contribution is 2.24. The first-order valence-electron chi connectivity index (χ1n) is 8.36. The normalized spacial score (nSPS) is 13.8. The third kappa shape index (κ3) is 3.08. The highest BCUT2D eigenvalue weighted by atomic mass is 16.2. The number of aryl methyl sites for hydroxylation is 2. The first kappa shape index (κ1) is 16.1. The molecule has 8 heteroatoms. The van der Waals surface area contributed by atoms with Gasteiger partial charge in [-0.2, -0.15) is 5.10 Å². The van der Waals surface area contributed by atoms with Gasteiger partial charge in [0.05, 0.1) is 11.4 Å². The lowest BCUT2D eigenvalue weighted by atomic mass is 10.2. The number of rotatable bonds is 4. The van der Waals surface area contributed by atoms with Crippen LogP contribution >= 0.6 is 0 Å². The van der Waals surface area contributed by atoms with Crippen molar-refractivity contribution >= 4 is 23.2 Å². The maximum absolute atomic E-state index is 11.8. The summed E-state index contributed by atoms with van der Waals surface area (Å²) in [6.07, 6.45) is 3.63. The summed E-state index contributed by atoms with van der Waals surface area (Å²) in [7, 11) is 1.88. The molecular formula is C18H19N7O. The van der Waals surface area contributed by atoms with Crippen LogP contribution in [0.2, 0.25) is 0 Å². The smallest absolute Gasteiger partial charge is 0.321 e. The van der Waals surface area contributed by atoms with E-state index in [2.05, 4.69) is 25.7 Å². The lowest BCUT2D eigenvalue weighted by molar-refractivity contribution is 0.252. The number of urea groups is 1. The van der Waals surface area contributed by atoms with Gasteiger partial charge in [0.15, 0.2) is 5.82 Å². The molecule has 1 fully saturated rings. The molecule has 0 unspecified atom stereocenters. The van der Waals surface area contributed by atoms with Gasteiger partial charge < -0.3 is 10.6 Å². The van der Waals surface area contributed by atoms with Crippen LogP contribution in [0.15, 0.2) is 42.7 Å². The summed E-state index contributed by atoms with van der Waals surface area (Å²) < 4.78 is 1.76. The summed E-state index contributed by atoms with van der Waals surface area (Å²) >= 11 is 0. The van der Waals surface area contributed by atoms with E-state index < -0.39 is 0 Å². The largest absolute Gasteiger partial charge is 0.337 e. The van der Waals surface area contributed by atoms with Crippen LogP contribution in [-0.2, 0) is 7.05 Å². The lowest BCUT2D eigenvalue weighted by Crippen LogP contribution is -2.27. The fourth-order valence-corrected chi connectivity index (χ4v) is 2.94. The Bertz CT molecular complexity index is 948. The molecule has 0 radical (unpaired) electrons. The average Bonchev–Trinajstić information content (AvgIpc) is 3.20. The van der Waals surface area contributed by atoms with Gasteiger partial charge in [0.2, 0.25) is 0 Å². The van der Waals surface area contributed by atoms with E-state index >= 15 is 0 Å². The quantitative estimate of drug-likeness (QED) is 0.755. The van der Waals surface area contributed by atoms with E-state index in [1.165, 1.54) is 0 Å². The molecule has 0 saturated carbocycles. The van der Waals surface area contributed by atoms with E-state index in [0.29, 0.717) is 24.7 Å². The summed E-state index contributed by atoms with van der Waals surface area (Å²) in [5.74, 6) is 1.32. The second kappa shape index (κ2) is 6.47. The number of nitrogens with zero attached hydrogens (tertiary/aromatic N) is 5. The summed E-state index contributed by atoms with van der Waals surface area (Å²) in [5, 5.41) is 10.4. The minimum Gasteiger partial charge on any atom is -0.337 e. The van der Waals surface area contributed by atoms with Crippen LogP contribution in [0.25, 0.3) is 11.4 Å². The molecule has 0 aliphatic carbocycles. The highest BCUT2D eigenvalue weighted by Gasteiger charge is 2.20. The van der Waals surface area contributed by atoms with Gasteiger partial charge in [-0.3, -0.25) is 9.58 Å². The first-order chi connectivity index (χ1) is 12.6. The van der Waals surface area contributed by atoms with Crippen LogP contribution in [0.5, 0.6) is 0 Å². The summed E-state index contributed by atoms with van der Waals surface area (Å²) in [6.45, 7) is 3.29. The molecule has 26 heavy (non-hydrogen) atoms. The Labute approximate surface area is 150 Å². The van der Waals surface area contributed by atoms with Gasteiger partial charge in [-0.05, 0) is 37.3 Å². The van der Waals surface area contributed by atoms with Crippen molar-refractivity contribution in [1.82, 2.24) is 25.1 Å². The Morgan fingerprint density at radius 2 is 2.00 bits per heavy atom. The molecule has 2 aromatic heterocycles. The molecule has 0 atom stereocenters. The molecule has 4 rings (SSSR count). The van der Waals surface area contributed by atoms with Gasteiger partial charge in [-0.1, -0.05) is 0 Å². The molecular weight excluding hydrogens is 330 g/mol. The van der Waals surface area contributed by atoms with Gasteiger partial charge in [0.25, 0.3) is 0 Å². The number of carbonyl (C=O) groups excluding carboxylic acids is 1. The maximum Gasteiger partial charge on any atom is 0.321 e. The van der Waals surface area contributed by atoms with Crippen molar-refractivity contribution in [3.8, 4) is 11.4 Å². The van der Waals surface area contributed by atoms with Gasteiger partial charge in [0.1, 0.15) is 5.82 Å². The third-order valence-electron chi connectivity index (χ3n) is 4.23. The van der Waals surface area contributed by atoms with Crippen LogP contribution in [0, 0.1) is 6.92 Å². The van der Waals surface area contributed by atoms with Crippen molar-refractivity contribution in [3.63, 3.8) is 0 Å². The molecule has 132 valence electrons. The fourth-order valence-electron chi connectivity index (χ4n) is 2.94. The average molecular weight is 349 g/mol. The number of benzene rings is 1. The Hall–Kier alpha value is -3.42. The number of amides is 2. The predicted octanol–water partition coefficient (Wildman–Crippen LogP) is 2.46. The number of hydrogen-bond acceptors (Lipinski definition) is 5. The number of nitrogens with one attached hydrogen (secondary N) is 2. The Morgan fingerprint density at radius 1 is 1.19 bits per heavy atom. The van der Waals surface area contributed by atoms with Crippen molar-refractivity contribution in [2.45, 2.75) is 6.92 Å². The van der Waals surface area contributed by atoms with Crippen LogP contribution < -0.4 is 15.5 Å². The molecule has 2 N–H and O–H groups in total. The maximum atomic E-state index is 11.8. The zero-order valence-corrected chi connectivity index (χ0v) is 14.6. The van der Waals surface area contributed by atoms with Crippen LogP contribution in [0.4, 0.5) is 22.0 Å². The molecule has 0 bridgehead atoms. The van der Waals surface area contributed by atoms with Gasteiger partial charge >= 0.3 is 6.03 Å². The molecule has 1 aliphatic heterocycles. The van der Waals surface area contributed by atoms with Gasteiger partial charge in [0, 0.05) is 43.8 Å². The SMILES string of the molecule is Cc1nn(C)cc1Nc1ccnc(-c2ccc(N3CCNC3=O)cc2)n1. The van der Waals surface area contributed by atoms with E-state index in [4.69, 9.17) is 0 Å². The second-order valence-corrected chi connectivity index (χ2v) is 6.12. The Morgan fingerprint density at radius 3 is 2.65 bits per heavy atom. The topological polar surface area (TPSA) is 88.0 Å². The second-order valence-electron chi connectivity index (χ2n) is 6.12. The van der Waals surface area contributed by atoms with Crippen molar-refractivity contribution in [2.75, 3.05) is 23.3 Å². The number of hydrogen-bond donors (Lipinski definition) is 2. The molecule has 3 heterocycles. The number of aromatic nitrogens is 4. The molecule has 1 aliphatic rings. The monoisotopic (exact) mass is 349 g/mol. The number of carbonyl (C=O) groups is 1. The van der Waals surface area contributed by atoms with E-state index in [-0.39, 0.29) is 6.03 Å². The Balaban J connectivity index is 1.56. The molecule has 1 aromatic carbocycles. The Kier molecular flexibility index (Phi) is 4.00. The first-order valence-corrected chi connectivity index (χ1v) is 8.36. The van der Waals surface area contributed by atoms with Gasteiger partial charge in [-0.25, -0.2) is 14.8 Å². The van der Waals surface area contributed by atoms with Crippen LogP contribution in [0.1, 0.15) is 5.69 Å². The van der Waals surface area contributed by atoms with Crippen molar-refractivity contribution in [3.05, 3.63) is 48.4 Å². The fraction of sp³-hybridized carbons (Fsp3) is 0.222. The molecule has 3 aromatic rings. The standard InChI is InChI=1S/C18H19N7O/c1-12-15(11-24(2)23-12)21-16-7-8-19-17(22-16)13-3-5-14(6-4-13)25-10-9-20-18(25)26/h3-8,11H,9-10H2,1-2H3,(H,20,26)(H,19,21,22). The van der Waals surface area contributed by atoms with E-state index in [1.807, 2.05) is 50.5 Å². The van der Waals surface area contributed by atoms with Crippen molar-refractivity contribution < 1.29 is 4.79 Å². The van der Waals surface area contributed by atoms with Crippen molar-refractivity contribution in [2.24, 2.45) is 7.05 Å². The molecule has 1 saturated heterocycles. The third-order valence-corrected chi connectivity index (χ3v) is 4.23. The van der Waals surface area contributed by atoms with Crippen LogP contribution in [-0.4, -0.2) is 38.9 Å².